The molecule has 1 aromatic heterocycles. The van der Waals surface area contributed by atoms with E-state index in [0.29, 0.717) is 13.2 Å². The van der Waals surface area contributed by atoms with Crippen LogP contribution >= 0.6 is 0 Å². The summed E-state index contributed by atoms with van der Waals surface area (Å²) in [6.45, 7) is 7.24. The molecule has 3 heteroatoms. The number of anilines is 1. The summed E-state index contributed by atoms with van der Waals surface area (Å²) in [6.07, 6.45) is 46.3. The van der Waals surface area contributed by atoms with Gasteiger partial charge in [-0.25, -0.2) is 0 Å². The number of hydrogen-bond acceptors (Lipinski definition) is 3. The number of allylic oxidation sites excluding steroid dienone is 20. The van der Waals surface area contributed by atoms with Crippen LogP contribution in [0.1, 0.15) is 47.8 Å². The summed E-state index contributed by atoms with van der Waals surface area (Å²) >= 11 is 0. The van der Waals surface area contributed by atoms with Gasteiger partial charge in [0.15, 0.2) is 0 Å². The van der Waals surface area contributed by atoms with Crippen LogP contribution in [0.2, 0.25) is 0 Å². The van der Waals surface area contributed by atoms with Gasteiger partial charge in [-0.05, 0) is 119 Å². The number of fused-ring (bicyclic) bond motifs is 3. The van der Waals surface area contributed by atoms with E-state index in [2.05, 4.69) is 225 Å². The quantitative estimate of drug-likeness (QED) is 0.111. The van der Waals surface area contributed by atoms with Crippen molar-refractivity contribution in [2.45, 2.75) is 32.6 Å². The first-order valence-corrected chi connectivity index (χ1v) is 21.6. The van der Waals surface area contributed by atoms with Gasteiger partial charge in [0.25, 0.3) is 0 Å². The molecule has 1 aliphatic heterocycles. The lowest BCUT2D eigenvalue weighted by molar-refractivity contribution is 0.239. The highest BCUT2D eigenvalue weighted by atomic mass is 16.5. The van der Waals surface area contributed by atoms with Gasteiger partial charge in [-0.2, -0.15) is 0 Å². The Hall–Kier alpha value is -7.36. The third kappa shape index (κ3) is 10.1. The van der Waals surface area contributed by atoms with Gasteiger partial charge >= 0.3 is 0 Å². The lowest BCUT2D eigenvalue weighted by atomic mass is 9.91. The number of ether oxygens (including phenoxy) is 1. The number of benzene rings is 4. The smallest absolute Gasteiger partial charge is 0.135 e. The van der Waals surface area contributed by atoms with Crippen molar-refractivity contribution >= 4 is 33.9 Å². The first-order valence-electron chi connectivity index (χ1n) is 21.6. The second-order valence-electron chi connectivity index (χ2n) is 15.3. The van der Waals surface area contributed by atoms with Crippen LogP contribution in [-0.4, -0.2) is 13.2 Å². The van der Waals surface area contributed by atoms with Crippen molar-refractivity contribution in [3.05, 3.63) is 264 Å². The largest absolute Gasteiger partial charge is 0.493 e. The van der Waals surface area contributed by atoms with Gasteiger partial charge in [0.2, 0.25) is 0 Å². The summed E-state index contributed by atoms with van der Waals surface area (Å²) in [5, 5.41) is 1.15. The molecule has 0 fully saturated rings. The fourth-order valence-corrected chi connectivity index (χ4v) is 8.11. The minimum atomic E-state index is 0.503. The molecule has 4 aromatic carbocycles. The van der Waals surface area contributed by atoms with Crippen molar-refractivity contribution in [2.24, 2.45) is 0 Å². The first kappa shape index (κ1) is 41.4. The summed E-state index contributed by atoms with van der Waals surface area (Å²) in [5.41, 5.74) is 13.6. The Morgan fingerprint density at radius 3 is 2.40 bits per heavy atom. The van der Waals surface area contributed by atoms with Crippen LogP contribution in [0.4, 0.5) is 5.69 Å². The van der Waals surface area contributed by atoms with Gasteiger partial charge < -0.3 is 14.1 Å². The predicted molar refractivity (Wildman–Crippen MR) is 264 cm³/mol. The van der Waals surface area contributed by atoms with Crippen LogP contribution in [0.5, 0.6) is 0 Å². The van der Waals surface area contributed by atoms with Gasteiger partial charge in [0, 0.05) is 35.3 Å². The molecule has 0 bridgehead atoms. The zero-order chi connectivity index (χ0) is 42.4. The zero-order valence-corrected chi connectivity index (χ0v) is 35.5. The maximum Gasteiger partial charge on any atom is 0.135 e. The molecule has 3 aliphatic rings. The van der Waals surface area contributed by atoms with Crippen LogP contribution in [0.25, 0.3) is 39.3 Å². The average molecular weight is 808 g/mol. The van der Waals surface area contributed by atoms with E-state index < -0.39 is 0 Å². The Morgan fingerprint density at radius 2 is 1.56 bits per heavy atom. The van der Waals surface area contributed by atoms with Gasteiger partial charge in [-0.1, -0.05) is 177 Å². The Balaban J connectivity index is 1.26. The van der Waals surface area contributed by atoms with Crippen molar-refractivity contribution < 1.29 is 9.15 Å². The van der Waals surface area contributed by atoms with Crippen LogP contribution in [-0.2, 0) is 17.6 Å². The van der Waals surface area contributed by atoms with Crippen LogP contribution < -0.4 is 4.90 Å². The molecule has 0 unspecified atom stereocenters. The fraction of sp³-hybridized carbons (Fsp3) is 0.119. The molecule has 0 N–H and O–H groups in total. The SMILES string of the molecule is C=C/C=C(\C=C/CN(C(/C=C\C)=C/C=C/Cc1ccccc1)c1ccc(-c2ccc3oc4c(c3c2)CC=CC=C4)c(C2=C/CC3=C(CC=CC=C3)OC/C=C\2)c1)c1ccccc1. The van der Waals surface area contributed by atoms with E-state index in [0.717, 1.165) is 93.0 Å². The molecule has 0 amide bonds. The standard InChI is InChI=1S/C59H53NO2/c1-3-21-46(47-26-11-6-12-27-47)29-19-41-60(51(22-4-2)31-18-17-25-45-23-9-5-10-24-45)52-38-39-53(50-37-40-59-56(43-50)54-32-14-8-16-34-58(54)62-59)55(44-52)48-30-20-42-61-57-33-15-7-13-28-49(57)36-35-48/h3-24,26-31,34-35,37-40,43-44H,1,25,32-33,36,41-42H2,2H3/b18-17+,22-4-,29-19-,30-20-,46-21+,48-35+,51-31+. The molecule has 0 atom stereocenters. The van der Waals surface area contributed by atoms with Crippen molar-refractivity contribution in [1.29, 1.82) is 0 Å². The molecule has 62 heavy (non-hydrogen) atoms. The summed E-state index contributed by atoms with van der Waals surface area (Å²) in [6, 6.07) is 34.6. The molecule has 5 aromatic rings. The molecule has 3 nitrogen and oxygen atoms in total. The van der Waals surface area contributed by atoms with E-state index in [1.165, 1.54) is 16.7 Å². The third-order valence-electron chi connectivity index (χ3n) is 11.2. The Morgan fingerprint density at radius 1 is 0.742 bits per heavy atom. The van der Waals surface area contributed by atoms with E-state index in [1.807, 2.05) is 12.1 Å². The maximum atomic E-state index is 6.36. The molecule has 2 aliphatic carbocycles. The van der Waals surface area contributed by atoms with Gasteiger partial charge in [-0.3, -0.25) is 0 Å². The monoisotopic (exact) mass is 807 g/mol. The summed E-state index contributed by atoms with van der Waals surface area (Å²) in [5.74, 6) is 1.96. The second kappa shape index (κ2) is 20.7. The van der Waals surface area contributed by atoms with E-state index in [-0.39, 0.29) is 0 Å². The Labute approximate surface area is 367 Å². The third-order valence-corrected chi connectivity index (χ3v) is 11.2. The highest BCUT2D eigenvalue weighted by molar-refractivity contribution is 5.94. The number of rotatable bonds is 13. The van der Waals surface area contributed by atoms with Gasteiger partial charge in [-0.15, -0.1) is 0 Å². The summed E-state index contributed by atoms with van der Waals surface area (Å²) < 4.78 is 12.7. The maximum absolute atomic E-state index is 6.36. The number of nitrogens with zero attached hydrogens (tertiary/aromatic N) is 1. The lowest BCUT2D eigenvalue weighted by Crippen LogP contribution is -2.22. The van der Waals surface area contributed by atoms with Crippen molar-refractivity contribution in [2.75, 3.05) is 18.1 Å². The zero-order valence-electron chi connectivity index (χ0n) is 35.5. The molecule has 8 rings (SSSR count). The molecule has 0 saturated carbocycles. The highest BCUT2D eigenvalue weighted by Gasteiger charge is 2.19. The highest BCUT2D eigenvalue weighted by Crippen LogP contribution is 2.39. The molecule has 0 radical (unpaired) electrons. The Bertz CT molecular complexity index is 2770. The first-order chi connectivity index (χ1) is 30.7. The Kier molecular flexibility index (Phi) is 13.8. The van der Waals surface area contributed by atoms with E-state index in [4.69, 9.17) is 9.15 Å². The molecule has 0 spiro atoms. The number of furan rings is 1. The normalized spacial score (nSPS) is 17.0. The van der Waals surface area contributed by atoms with Crippen molar-refractivity contribution in [3.8, 4) is 11.1 Å². The van der Waals surface area contributed by atoms with Gasteiger partial charge in [0.1, 0.15) is 23.7 Å². The second-order valence-corrected chi connectivity index (χ2v) is 15.3. The van der Waals surface area contributed by atoms with Crippen LogP contribution in [0.15, 0.2) is 241 Å². The molecule has 0 saturated heterocycles. The van der Waals surface area contributed by atoms with Crippen molar-refractivity contribution in [1.82, 2.24) is 0 Å². The minimum absolute atomic E-state index is 0.503. The van der Waals surface area contributed by atoms with E-state index in [1.54, 1.807) is 0 Å². The summed E-state index contributed by atoms with van der Waals surface area (Å²) in [7, 11) is 0. The predicted octanol–water partition coefficient (Wildman–Crippen LogP) is 15.2. The minimum Gasteiger partial charge on any atom is -0.493 e. The molecular formula is C59H53NO2. The number of hydrogen-bond donors (Lipinski definition) is 0. The van der Waals surface area contributed by atoms with Gasteiger partial charge in [0.05, 0.1) is 0 Å². The molecule has 2 heterocycles. The summed E-state index contributed by atoms with van der Waals surface area (Å²) in [4.78, 5) is 2.40. The topological polar surface area (TPSA) is 25.6 Å². The van der Waals surface area contributed by atoms with E-state index >= 15 is 0 Å². The molecular weight excluding hydrogens is 755 g/mol. The lowest BCUT2D eigenvalue weighted by Gasteiger charge is -2.26. The van der Waals surface area contributed by atoms with Crippen molar-refractivity contribution in [3.63, 3.8) is 0 Å². The average Bonchev–Trinajstić information content (AvgIpc) is 3.39. The van der Waals surface area contributed by atoms with E-state index in [9.17, 15) is 0 Å². The van der Waals surface area contributed by atoms with Crippen LogP contribution in [0.3, 0.4) is 0 Å². The molecule has 306 valence electrons. The van der Waals surface area contributed by atoms with Crippen LogP contribution in [0, 0.1) is 0 Å². The fourth-order valence-electron chi connectivity index (χ4n) is 8.11.